The molecule has 1 atom stereocenters. The lowest BCUT2D eigenvalue weighted by atomic mass is 9.88. The minimum absolute atomic E-state index is 0.274. The maximum absolute atomic E-state index is 12.5. The Balaban J connectivity index is 1.81. The summed E-state index contributed by atoms with van der Waals surface area (Å²) < 4.78 is 5.23. The first-order valence-electron chi connectivity index (χ1n) is 9.14. The average Bonchev–Trinajstić information content (AvgIpc) is 2.98. The first-order valence-corrected chi connectivity index (χ1v) is 9.95. The van der Waals surface area contributed by atoms with E-state index in [9.17, 15) is 9.59 Å². The number of thiophene rings is 1. The number of nitrogens with two attached hydrogens (primary N) is 1. The monoisotopic (exact) mass is 384 g/mol. The van der Waals surface area contributed by atoms with Gasteiger partial charge in [-0.25, -0.2) is 4.79 Å². The van der Waals surface area contributed by atoms with Crippen molar-refractivity contribution in [2.75, 3.05) is 17.7 Å². The van der Waals surface area contributed by atoms with Crippen molar-refractivity contribution in [1.82, 2.24) is 0 Å². The molecule has 0 saturated carbocycles. The molecule has 1 aliphatic rings. The zero-order chi connectivity index (χ0) is 19.4. The van der Waals surface area contributed by atoms with E-state index in [2.05, 4.69) is 12.2 Å². The number of rotatable bonds is 5. The van der Waals surface area contributed by atoms with Crippen LogP contribution in [0.4, 0.5) is 10.7 Å². The van der Waals surface area contributed by atoms with E-state index in [4.69, 9.17) is 10.5 Å². The summed E-state index contributed by atoms with van der Waals surface area (Å²) in [4.78, 5) is 26.0. The highest BCUT2D eigenvalue weighted by molar-refractivity contribution is 7.17. The van der Waals surface area contributed by atoms with Gasteiger partial charge in [0, 0.05) is 16.6 Å². The van der Waals surface area contributed by atoms with Gasteiger partial charge in [0.15, 0.2) is 0 Å². The van der Waals surface area contributed by atoms with E-state index in [1.165, 1.54) is 22.3 Å². The third kappa shape index (κ3) is 4.57. The van der Waals surface area contributed by atoms with E-state index in [-0.39, 0.29) is 11.9 Å². The van der Waals surface area contributed by atoms with Crippen LogP contribution in [0.5, 0.6) is 0 Å². The van der Waals surface area contributed by atoms with E-state index in [1.54, 1.807) is 25.1 Å². The van der Waals surface area contributed by atoms with E-state index in [0.717, 1.165) is 30.4 Å². The molecule has 0 aliphatic heterocycles. The van der Waals surface area contributed by atoms with Crippen LogP contribution in [-0.4, -0.2) is 18.5 Å². The molecule has 1 aromatic carbocycles. The molecule has 5 nitrogen and oxygen atoms in total. The van der Waals surface area contributed by atoms with E-state index in [1.807, 2.05) is 12.1 Å². The van der Waals surface area contributed by atoms with Crippen LogP contribution in [0, 0.1) is 5.92 Å². The number of anilines is 2. The molecule has 3 N–H and O–H groups in total. The van der Waals surface area contributed by atoms with Crippen molar-refractivity contribution in [2.24, 2.45) is 5.92 Å². The Kier molecular flexibility index (Phi) is 5.96. The third-order valence-electron chi connectivity index (χ3n) is 4.59. The molecule has 1 unspecified atom stereocenters. The maximum atomic E-state index is 12.5. The molecule has 2 aromatic rings. The zero-order valence-corrected chi connectivity index (χ0v) is 16.4. The largest absolute Gasteiger partial charge is 0.462 e. The van der Waals surface area contributed by atoms with Crippen molar-refractivity contribution in [2.45, 2.75) is 33.1 Å². The number of hydrogen-bond acceptors (Lipinski definition) is 5. The number of nitrogen functional groups attached to an aromatic ring is 1. The average molecular weight is 385 g/mol. The number of amides is 1. The molecule has 142 valence electrons. The van der Waals surface area contributed by atoms with Crippen molar-refractivity contribution >= 4 is 40.0 Å². The highest BCUT2D eigenvalue weighted by Crippen LogP contribution is 2.40. The summed E-state index contributed by atoms with van der Waals surface area (Å²) in [6, 6.07) is 7.25. The fraction of sp³-hybridized carbons (Fsp3) is 0.333. The highest BCUT2D eigenvalue weighted by atomic mass is 32.1. The number of nitrogens with one attached hydrogen (secondary N) is 1. The first-order chi connectivity index (χ1) is 13.0. The van der Waals surface area contributed by atoms with Gasteiger partial charge in [0.25, 0.3) is 0 Å². The first kappa shape index (κ1) is 19.2. The summed E-state index contributed by atoms with van der Waals surface area (Å²) >= 11 is 1.49. The summed E-state index contributed by atoms with van der Waals surface area (Å²) in [5.41, 5.74) is 8.78. The van der Waals surface area contributed by atoms with E-state index in [0.29, 0.717) is 28.8 Å². The lowest BCUT2D eigenvalue weighted by molar-refractivity contribution is -0.111. The van der Waals surface area contributed by atoms with Crippen molar-refractivity contribution in [1.29, 1.82) is 0 Å². The summed E-state index contributed by atoms with van der Waals surface area (Å²) in [5, 5.41) is 3.45. The molecule has 1 aromatic heterocycles. The van der Waals surface area contributed by atoms with Crippen LogP contribution in [0.25, 0.3) is 6.08 Å². The molecule has 0 fully saturated rings. The van der Waals surface area contributed by atoms with E-state index >= 15 is 0 Å². The number of esters is 1. The number of carbonyl (C=O) groups excluding carboxylic acids is 2. The van der Waals surface area contributed by atoms with Crippen molar-refractivity contribution < 1.29 is 14.3 Å². The van der Waals surface area contributed by atoms with Gasteiger partial charge >= 0.3 is 5.97 Å². The number of fused-ring (bicyclic) bond motifs is 1. The molecule has 0 spiro atoms. The molecule has 1 heterocycles. The minimum atomic E-state index is -0.359. The molecule has 1 amide bonds. The zero-order valence-electron chi connectivity index (χ0n) is 15.6. The SMILES string of the molecule is CCOC(=O)c1c(NC(=O)/C=C/c2ccc(N)cc2)sc2c1CCC(C)C2. The van der Waals surface area contributed by atoms with Gasteiger partial charge in [0.05, 0.1) is 12.2 Å². The third-order valence-corrected chi connectivity index (χ3v) is 5.76. The fourth-order valence-corrected chi connectivity index (χ4v) is 4.59. The van der Waals surface area contributed by atoms with Crippen molar-refractivity contribution in [3.05, 3.63) is 51.9 Å². The van der Waals surface area contributed by atoms with Crippen LogP contribution in [0.15, 0.2) is 30.3 Å². The van der Waals surface area contributed by atoms with Gasteiger partial charge < -0.3 is 15.8 Å². The number of hydrogen-bond donors (Lipinski definition) is 2. The number of carbonyl (C=O) groups is 2. The Morgan fingerprint density at radius 2 is 2.07 bits per heavy atom. The summed E-state index contributed by atoms with van der Waals surface area (Å²) in [6.07, 6.45) is 6.00. The van der Waals surface area contributed by atoms with Gasteiger partial charge in [0.1, 0.15) is 5.00 Å². The van der Waals surface area contributed by atoms with Crippen LogP contribution in [0.2, 0.25) is 0 Å². The van der Waals surface area contributed by atoms with Crippen LogP contribution < -0.4 is 11.1 Å². The molecule has 27 heavy (non-hydrogen) atoms. The van der Waals surface area contributed by atoms with Crippen LogP contribution >= 0.6 is 11.3 Å². The van der Waals surface area contributed by atoms with Gasteiger partial charge in [-0.05, 0) is 61.4 Å². The normalized spacial score (nSPS) is 16.1. The fourth-order valence-electron chi connectivity index (χ4n) is 3.19. The van der Waals surface area contributed by atoms with Crippen molar-refractivity contribution in [3.8, 4) is 0 Å². The second-order valence-electron chi connectivity index (χ2n) is 6.77. The molecular formula is C21H24N2O3S. The van der Waals surface area contributed by atoms with Gasteiger partial charge in [-0.1, -0.05) is 19.1 Å². The van der Waals surface area contributed by atoms with Crippen molar-refractivity contribution in [3.63, 3.8) is 0 Å². The Hall–Kier alpha value is -2.60. The molecule has 3 rings (SSSR count). The van der Waals surface area contributed by atoms with Gasteiger partial charge in [-0.15, -0.1) is 11.3 Å². The second-order valence-corrected chi connectivity index (χ2v) is 7.87. The molecule has 1 aliphatic carbocycles. The highest BCUT2D eigenvalue weighted by Gasteiger charge is 2.28. The maximum Gasteiger partial charge on any atom is 0.341 e. The van der Waals surface area contributed by atoms with Gasteiger partial charge in [0.2, 0.25) is 5.91 Å². The standard InChI is InChI=1S/C21H24N2O3S/c1-3-26-21(25)19-16-10-4-13(2)12-17(16)27-20(19)23-18(24)11-7-14-5-8-15(22)9-6-14/h5-9,11,13H,3-4,10,12,22H2,1-2H3,(H,23,24)/b11-7+. The Morgan fingerprint density at radius 1 is 1.33 bits per heavy atom. The summed E-state index contributed by atoms with van der Waals surface area (Å²) in [7, 11) is 0. The Labute approximate surface area is 163 Å². The lowest BCUT2D eigenvalue weighted by Crippen LogP contribution is -2.15. The predicted molar refractivity (Wildman–Crippen MR) is 110 cm³/mol. The molecule has 0 saturated heterocycles. The quantitative estimate of drug-likeness (QED) is 0.458. The number of benzene rings is 1. The van der Waals surface area contributed by atoms with Gasteiger partial charge in [-0.3, -0.25) is 4.79 Å². The Morgan fingerprint density at radius 3 is 2.78 bits per heavy atom. The predicted octanol–water partition coefficient (Wildman–Crippen LogP) is 4.28. The van der Waals surface area contributed by atoms with E-state index < -0.39 is 0 Å². The summed E-state index contributed by atoms with van der Waals surface area (Å²) in [6.45, 7) is 4.30. The smallest absolute Gasteiger partial charge is 0.341 e. The molecule has 0 radical (unpaired) electrons. The second kappa shape index (κ2) is 8.39. The molecule has 0 bridgehead atoms. The topological polar surface area (TPSA) is 81.4 Å². The molecular weight excluding hydrogens is 360 g/mol. The van der Waals surface area contributed by atoms with Crippen LogP contribution in [0.1, 0.15) is 46.6 Å². The minimum Gasteiger partial charge on any atom is -0.462 e. The number of ether oxygens (including phenoxy) is 1. The lowest BCUT2D eigenvalue weighted by Gasteiger charge is -2.18. The van der Waals surface area contributed by atoms with Crippen LogP contribution in [0.3, 0.4) is 0 Å². The molecule has 6 heteroatoms. The van der Waals surface area contributed by atoms with Crippen LogP contribution in [-0.2, 0) is 22.4 Å². The summed E-state index contributed by atoms with van der Waals surface area (Å²) in [5.74, 6) is -0.0495. The Bertz CT molecular complexity index is 868. The van der Waals surface area contributed by atoms with Gasteiger partial charge in [-0.2, -0.15) is 0 Å².